The summed E-state index contributed by atoms with van der Waals surface area (Å²) in [5.74, 6) is 1.18. The molecule has 5 nitrogen and oxygen atoms in total. The Morgan fingerprint density at radius 1 is 1.23 bits per heavy atom. The van der Waals surface area contributed by atoms with Crippen LogP contribution < -0.4 is 5.32 Å². The van der Waals surface area contributed by atoms with Crippen molar-refractivity contribution in [2.24, 2.45) is 11.8 Å². The Labute approximate surface area is 155 Å². The third-order valence-electron chi connectivity index (χ3n) is 5.18. The van der Waals surface area contributed by atoms with Crippen LogP contribution in [0.4, 0.5) is 0 Å². The Morgan fingerprint density at radius 3 is 2.65 bits per heavy atom. The lowest BCUT2D eigenvalue weighted by molar-refractivity contribution is -0.122. The number of hydrogen-bond donors (Lipinski definition) is 2. The van der Waals surface area contributed by atoms with Crippen LogP contribution in [0.2, 0.25) is 0 Å². The fourth-order valence-corrected chi connectivity index (χ4v) is 3.53. The molecular formula is C21H29N3O2. The molecule has 3 rings (SSSR count). The summed E-state index contributed by atoms with van der Waals surface area (Å²) in [7, 11) is 0. The Kier molecular flexibility index (Phi) is 5.96. The molecule has 0 aliphatic carbocycles. The number of H-pyrrole nitrogens is 1. The van der Waals surface area contributed by atoms with Gasteiger partial charge in [-0.1, -0.05) is 32.0 Å². The molecule has 1 aliphatic heterocycles. The summed E-state index contributed by atoms with van der Waals surface area (Å²) in [5, 5.41) is 4.07. The van der Waals surface area contributed by atoms with Crippen LogP contribution in [0.3, 0.4) is 0 Å². The number of benzene rings is 1. The summed E-state index contributed by atoms with van der Waals surface area (Å²) in [6.45, 7) is 6.52. The Hall–Kier alpha value is -2.30. The summed E-state index contributed by atoms with van der Waals surface area (Å²) in [6, 6.07) is 9.85. The second-order valence-electron chi connectivity index (χ2n) is 7.74. The maximum Gasteiger partial charge on any atom is 0.270 e. The van der Waals surface area contributed by atoms with Crippen LogP contribution in [0.1, 0.15) is 50.0 Å². The van der Waals surface area contributed by atoms with Gasteiger partial charge in [0.25, 0.3) is 5.91 Å². The highest BCUT2D eigenvalue weighted by Crippen LogP contribution is 2.23. The molecule has 1 aliphatic rings. The zero-order valence-corrected chi connectivity index (χ0v) is 15.8. The monoisotopic (exact) mass is 355 g/mol. The number of aromatic amines is 1. The van der Waals surface area contributed by atoms with Crippen molar-refractivity contribution in [1.29, 1.82) is 0 Å². The molecule has 1 fully saturated rings. The van der Waals surface area contributed by atoms with Gasteiger partial charge in [-0.15, -0.1) is 0 Å². The van der Waals surface area contributed by atoms with Crippen molar-refractivity contribution in [1.82, 2.24) is 15.2 Å². The van der Waals surface area contributed by atoms with Crippen LogP contribution in [0.5, 0.6) is 0 Å². The van der Waals surface area contributed by atoms with Gasteiger partial charge in [0.05, 0.1) is 0 Å². The summed E-state index contributed by atoms with van der Waals surface area (Å²) >= 11 is 0. The third-order valence-corrected chi connectivity index (χ3v) is 5.18. The number of carbonyl (C=O) groups is 2. The molecule has 1 saturated heterocycles. The average Bonchev–Trinajstić information content (AvgIpc) is 3.05. The van der Waals surface area contributed by atoms with E-state index in [1.165, 1.54) is 0 Å². The number of hydrogen-bond acceptors (Lipinski definition) is 2. The summed E-state index contributed by atoms with van der Waals surface area (Å²) in [5.41, 5.74) is 1.64. The first-order valence-electron chi connectivity index (χ1n) is 9.66. The van der Waals surface area contributed by atoms with Crippen LogP contribution >= 0.6 is 0 Å². The van der Waals surface area contributed by atoms with Crippen LogP contribution in [-0.4, -0.2) is 41.3 Å². The van der Waals surface area contributed by atoms with Crippen LogP contribution in [-0.2, 0) is 4.79 Å². The summed E-state index contributed by atoms with van der Waals surface area (Å²) in [4.78, 5) is 29.9. The minimum absolute atomic E-state index is 0.0565. The minimum Gasteiger partial charge on any atom is -0.356 e. The molecule has 5 heteroatoms. The molecule has 0 bridgehead atoms. The number of nitrogens with one attached hydrogen (secondary N) is 2. The number of rotatable bonds is 6. The first-order valence-corrected chi connectivity index (χ1v) is 9.66. The molecule has 0 spiro atoms. The van der Waals surface area contributed by atoms with Crippen molar-refractivity contribution < 1.29 is 9.59 Å². The first-order chi connectivity index (χ1) is 12.5. The number of carbonyl (C=O) groups excluding carboxylic acids is 2. The third kappa shape index (κ3) is 4.65. The van der Waals surface area contributed by atoms with E-state index in [0.717, 1.165) is 49.8 Å². The maximum absolute atomic E-state index is 12.7. The highest BCUT2D eigenvalue weighted by Gasteiger charge is 2.25. The van der Waals surface area contributed by atoms with Gasteiger partial charge in [0.1, 0.15) is 5.69 Å². The van der Waals surface area contributed by atoms with E-state index in [9.17, 15) is 9.59 Å². The Bertz CT molecular complexity index is 724. The van der Waals surface area contributed by atoms with Crippen molar-refractivity contribution in [3.8, 4) is 0 Å². The minimum atomic E-state index is 0.0565. The van der Waals surface area contributed by atoms with Crippen molar-refractivity contribution in [3.05, 3.63) is 36.0 Å². The molecule has 26 heavy (non-hydrogen) atoms. The highest BCUT2D eigenvalue weighted by atomic mass is 16.2. The van der Waals surface area contributed by atoms with Gasteiger partial charge in [0, 0.05) is 37.0 Å². The smallest absolute Gasteiger partial charge is 0.270 e. The summed E-state index contributed by atoms with van der Waals surface area (Å²) in [6.07, 6.45) is 3.38. The van der Waals surface area contributed by atoms with Crippen molar-refractivity contribution >= 4 is 22.7 Å². The van der Waals surface area contributed by atoms with E-state index in [1.54, 1.807) is 0 Å². The number of nitrogens with zero attached hydrogens (tertiary/aromatic N) is 1. The Balaban J connectivity index is 1.47. The second-order valence-corrected chi connectivity index (χ2v) is 7.74. The zero-order valence-electron chi connectivity index (χ0n) is 15.8. The van der Waals surface area contributed by atoms with Crippen molar-refractivity contribution in [3.63, 3.8) is 0 Å². The van der Waals surface area contributed by atoms with Crippen LogP contribution in [0.25, 0.3) is 10.9 Å². The lowest BCUT2D eigenvalue weighted by atomic mass is 9.93. The molecule has 2 amide bonds. The quantitative estimate of drug-likeness (QED) is 0.832. The normalized spacial score (nSPS) is 15.6. The van der Waals surface area contributed by atoms with Crippen molar-refractivity contribution in [2.45, 2.75) is 39.5 Å². The number of para-hydroxylation sites is 1. The average molecular weight is 355 g/mol. The molecule has 0 radical (unpaired) electrons. The number of fused-ring (bicyclic) bond motifs is 1. The lowest BCUT2D eigenvalue weighted by Gasteiger charge is -2.31. The largest absolute Gasteiger partial charge is 0.356 e. The van der Waals surface area contributed by atoms with Gasteiger partial charge in [0.15, 0.2) is 0 Å². The number of piperidine rings is 1. The number of likely N-dealkylation sites (tertiary alicyclic amines) is 1. The fraction of sp³-hybridized carbons (Fsp3) is 0.524. The highest BCUT2D eigenvalue weighted by molar-refractivity contribution is 5.98. The van der Waals surface area contributed by atoms with E-state index in [0.29, 0.717) is 24.0 Å². The standard InChI is InChI=1S/C21H29N3O2/c1-15(2)7-10-22-20(25)13-16-8-11-24(12-9-16)21(26)19-14-17-5-3-4-6-18(17)23-19/h3-6,14-16,23H,7-13H2,1-2H3,(H,22,25). The molecule has 0 unspecified atom stereocenters. The van der Waals surface area contributed by atoms with Gasteiger partial charge in [-0.05, 0) is 43.2 Å². The molecule has 2 N–H and O–H groups in total. The first kappa shape index (κ1) is 18.5. The second kappa shape index (κ2) is 8.39. The summed E-state index contributed by atoms with van der Waals surface area (Å²) < 4.78 is 0. The fourth-order valence-electron chi connectivity index (χ4n) is 3.53. The van der Waals surface area contributed by atoms with Gasteiger partial charge in [0.2, 0.25) is 5.91 Å². The molecule has 0 atom stereocenters. The maximum atomic E-state index is 12.7. The Morgan fingerprint density at radius 2 is 1.96 bits per heavy atom. The number of amides is 2. The van der Waals surface area contributed by atoms with E-state index in [1.807, 2.05) is 35.2 Å². The van der Waals surface area contributed by atoms with Gasteiger partial charge in [-0.2, -0.15) is 0 Å². The topological polar surface area (TPSA) is 65.2 Å². The van der Waals surface area contributed by atoms with Crippen LogP contribution in [0, 0.1) is 11.8 Å². The van der Waals surface area contributed by atoms with Gasteiger partial charge < -0.3 is 15.2 Å². The molecule has 2 aromatic rings. The van der Waals surface area contributed by atoms with E-state index in [-0.39, 0.29) is 11.8 Å². The van der Waals surface area contributed by atoms with Gasteiger partial charge >= 0.3 is 0 Å². The molecule has 140 valence electrons. The predicted molar refractivity (Wildman–Crippen MR) is 104 cm³/mol. The zero-order chi connectivity index (χ0) is 18.5. The molecule has 1 aromatic heterocycles. The van der Waals surface area contributed by atoms with Gasteiger partial charge in [-0.25, -0.2) is 0 Å². The lowest BCUT2D eigenvalue weighted by Crippen LogP contribution is -2.40. The van der Waals surface area contributed by atoms with Crippen molar-refractivity contribution in [2.75, 3.05) is 19.6 Å². The van der Waals surface area contributed by atoms with Gasteiger partial charge in [-0.3, -0.25) is 9.59 Å². The number of aromatic nitrogens is 1. The van der Waals surface area contributed by atoms with E-state index >= 15 is 0 Å². The van der Waals surface area contributed by atoms with E-state index < -0.39 is 0 Å². The SMILES string of the molecule is CC(C)CCNC(=O)CC1CCN(C(=O)c2cc3ccccc3[nH]2)CC1. The predicted octanol–water partition coefficient (Wildman–Crippen LogP) is 3.57. The molecular weight excluding hydrogens is 326 g/mol. The van der Waals surface area contributed by atoms with Crippen LogP contribution in [0.15, 0.2) is 30.3 Å². The molecule has 2 heterocycles. The molecule has 0 saturated carbocycles. The molecule has 1 aromatic carbocycles. The van der Waals surface area contributed by atoms with E-state index in [4.69, 9.17) is 0 Å². The van der Waals surface area contributed by atoms with E-state index in [2.05, 4.69) is 24.1 Å².